The van der Waals surface area contributed by atoms with Gasteiger partial charge in [-0.15, -0.1) is 0 Å². The Morgan fingerprint density at radius 3 is 2.80 bits per heavy atom. The first-order valence-electron chi connectivity index (χ1n) is 4.85. The van der Waals surface area contributed by atoms with Crippen LogP contribution in [0.3, 0.4) is 0 Å². The van der Waals surface area contributed by atoms with E-state index in [4.69, 9.17) is 4.74 Å². The molecule has 4 nitrogen and oxygen atoms in total. The van der Waals surface area contributed by atoms with E-state index in [0.717, 1.165) is 5.56 Å². The highest BCUT2D eigenvalue weighted by molar-refractivity contribution is 6.00. The second kappa shape index (κ2) is 2.59. The van der Waals surface area contributed by atoms with Crippen LogP contribution in [-0.2, 0) is 15.3 Å². The molecule has 1 saturated heterocycles. The first-order valence-corrected chi connectivity index (χ1v) is 4.85. The summed E-state index contributed by atoms with van der Waals surface area (Å²) in [5, 5.41) is 2.74. The molecule has 1 unspecified atom stereocenters. The Kier molecular flexibility index (Phi) is 1.46. The summed E-state index contributed by atoms with van der Waals surface area (Å²) in [5.74, 6) is -0.424. The van der Waals surface area contributed by atoms with Gasteiger partial charge in [0.25, 0.3) is 5.91 Å². The van der Waals surface area contributed by atoms with Gasteiger partial charge in [-0.1, -0.05) is 18.2 Å². The van der Waals surface area contributed by atoms with Crippen LogP contribution in [-0.4, -0.2) is 11.9 Å². The summed E-state index contributed by atoms with van der Waals surface area (Å²) in [4.78, 5) is 22.8. The van der Waals surface area contributed by atoms with E-state index < -0.39 is 5.72 Å². The zero-order valence-corrected chi connectivity index (χ0v) is 7.95. The van der Waals surface area contributed by atoms with Gasteiger partial charge in [-0.25, -0.2) is 0 Å². The Morgan fingerprint density at radius 2 is 2.07 bits per heavy atom. The van der Waals surface area contributed by atoms with Crippen molar-refractivity contribution in [2.75, 3.05) is 0 Å². The van der Waals surface area contributed by atoms with Crippen molar-refractivity contribution in [3.8, 4) is 0 Å². The third-order valence-electron chi connectivity index (χ3n) is 2.89. The Hall–Kier alpha value is -1.84. The molecule has 1 fully saturated rings. The fraction of sp³-hybridized carbons (Fsp3) is 0.273. The monoisotopic (exact) mass is 203 g/mol. The van der Waals surface area contributed by atoms with Crippen molar-refractivity contribution in [1.82, 2.24) is 5.32 Å². The van der Waals surface area contributed by atoms with Gasteiger partial charge in [0.05, 0.1) is 6.42 Å². The van der Waals surface area contributed by atoms with Crippen LogP contribution in [0.4, 0.5) is 0 Å². The number of ether oxygens (including phenoxy) is 1. The van der Waals surface area contributed by atoms with Gasteiger partial charge in [-0.2, -0.15) is 0 Å². The van der Waals surface area contributed by atoms with Crippen LogP contribution in [0.5, 0.6) is 0 Å². The van der Waals surface area contributed by atoms with Gasteiger partial charge >= 0.3 is 5.97 Å². The Labute approximate surface area is 86.2 Å². The number of fused-ring (bicyclic) bond motifs is 2. The standard InChI is InChI=1S/C11H9NO3/c13-9-5-6-11(15-9)8-4-2-1-3-7(8)10(14)12-11/h1-4H,5-6H2,(H,12,14). The quantitative estimate of drug-likeness (QED) is 0.638. The molecule has 1 N–H and O–H groups in total. The van der Waals surface area contributed by atoms with E-state index in [-0.39, 0.29) is 11.9 Å². The van der Waals surface area contributed by atoms with Gasteiger partial charge in [0.1, 0.15) is 0 Å². The highest BCUT2D eigenvalue weighted by atomic mass is 16.6. The molecule has 4 heteroatoms. The van der Waals surface area contributed by atoms with Gasteiger partial charge < -0.3 is 10.1 Å². The minimum atomic E-state index is -0.884. The zero-order chi connectivity index (χ0) is 10.5. The van der Waals surface area contributed by atoms with Crippen LogP contribution in [0.2, 0.25) is 0 Å². The smallest absolute Gasteiger partial charge is 0.308 e. The zero-order valence-electron chi connectivity index (χ0n) is 7.95. The van der Waals surface area contributed by atoms with Crippen molar-refractivity contribution >= 4 is 11.9 Å². The maximum Gasteiger partial charge on any atom is 0.308 e. The van der Waals surface area contributed by atoms with Crippen LogP contribution in [0, 0.1) is 0 Å². The molecule has 15 heavy (non-hydrogen) atoms. The molecule has 0 aromatic heterocycles. The minimum Gasteiger partial charge on any atom is -0.435 e. The second-order valence-corrected chi connectivity index (χ2v) is 3.80. The van der Waals surface area contributed by atoms with Crippen LogP contribution in [0.25, 0.3) is 0 Å². The number of benzene rings is 1. The highest BCUT2D eigenvalue weighted by Gasteiger charge is 2.49. The molecule has 1 aromatic carbocycles. The minimum absolute atomic E-state index is 0.166. The lowest BCUT2D eigenvalue weighted by molar-refractivity contribution is -0.150. The molecular weight excluding hydrogens is 194 g/mol. The van der Waals surface area contributed by atoms with Crippen molar-refractivity contribution in [2.24, 2.45) is 0 Å². The SMILES string of the molecule is O=C1CCC2(NC(=O)c3ccccc32)O1. The molecule has 1 atom stereocenters. The van der Waals surface area contributed by atoms with Crippen molar-refractivity contribution in [1.29, 1.82) is 0 Å². The molecule has 1 amide bonds. The van der Waals surface area contributed by atoms with E-state index in [9.17, 15) is 9.59 Å². The van der Waals surface area contributed by atoms with E-state index in [1.165, 1.54) is 0 Å². The van der Waals surface area contributed by atoms with Crippen molar-refractivity contribution in [2.45, 2.75) is 18.6 Å². The van der Waals surface area contributed by atoms with E-state index >= 15 is 0 Å². The Balaban J connectivity index is 2.16. The van der Waals surface area contributed by atoms with Gasteiger partial charge in [0.2, 0.25) is 5.72 Å². The van der Waals surface area contributed by atoms with Gasteiger partial charge in [-0.05, 0) is 6.07 Å². The lowest BCUT2D eigenvalue weighted by atomic mass is 9.99. The summed E-state index contributed by atoms with van der Waals surface area (Å²) in [7, 11) is 0. The third kappa shape index (κ3) is 1.02. The summed E-state index contributed by atoms with van der Waals surface area (Å²) in [6.45, 7) is 0. The first kappa shape index (κ1) is 8.47. The van der Waals surface area contributed by atoms with Crippen LogP contribution in [0.1, 0.15) is 28.8 Å². The maximum atomic E-state index is 11.6. The second-order valence-electron chi connectivity index (χ2n) is 3.80. The fourth-order valence-electron chi connectivity index (χ4n) is 2.20. The number of nitrogens with one attached hydrogen (secondary N) is 1. The molecule has 2 aliphatic heterocycles. The van der Waals surface area contributed by atoms with Crippen molar-refractivity contribution in [3.05, 3.63) is 35.4 Å². The molecule has 2 aliphatic rings. The Morgan fingerprint density at radius 1 is 1.27 bits per heavy atom. The topological polar surface area (TPSA) is 55.4 Å². The highest BCUT2D eigenvalue weighted by Crippen LogP contribution is 2.40. The number of rotatable bonds is 0. The van der Waals surface area contributed by atoms with Crippen molar-refractivity contribution < 1.29 is 14.3 Å². The number of amides is 1. The summed E-state index contributed by atoms with van der Waals surface area (Å²) in [6.07, 6.45) is 0.878. The number of carbonyl (C=O) groups excluding carboxylic acids is 2. The van der Waals surface area contributed by atoms with Crippen LogP contribution in [0.15, 0.2) is 24.3 Å². The van der Waals surface area contributed by atoms with Gasteiger partial charge in [-0.3, -0.25) is 9.59 Å². The van der Waals surface area contributed by atoms with Crippen molar-refractivity contribution in [3.63, 3.8) is 0 Å². The van der Waals surface area contributed by atoms with E-state index in [1.807, 2.05) is 12.1 Å². The first-order chi connectivity index (χ1) is 7.21. The predicted octanol–water partition coefficient (Wildman–Crippen LogP) is 0.920. The molecule has 1 spiro atoms. The van der Waals surface area contributed by atoms with Crippen LogP contribution < -0.4 is 5.32 Å². The van der Waals surface area contributed by atoms with Crippen LogP contribution >= 0.6 is 0 Å². The summed E-state index contributed by atoms with van der Waals surface area (Å²) < 4.78 is 5.24. The lowest BCUT2D eigenvalue weighted by Gasteiger charge is -2.22. The summed E-state index contributed by atoms with van der Waals surface area (Å²) in [5.41, 5.74) is 0.498. The summed E-state index contributed by atoms with van der Waals surface area (Å²) >= 11 is 0. The van der Waals surface area contributed by atoms with E-state index in [0.29, 0.717) is 18.4 Å². The lowest BCUT2D eigenvalue weighted by Crippen LogP contribution is -2.38. The normalized spacial score (nSPS) is 27.7. The number of esters is 1. The molecule has 76 valence electrons. The molecule has 0 aliphatic carbocycles. The van der Waals surface area contributed by atoms with E-state index in [1.54, 1.807) is 12.1 Å². The largest absolute Gasteiger partial charge is 0.435 e. The number of carbonyl (C=O) groups is 2. The number of hydrogen-bond donors (Lipinski definition) is 1. The molecule has 0 saturated carbocycles. The molecule has 1 aromatic rings. The molecule has 3 rings (SSSR count). The average Bonchev–Trinajstić information content (AvgIpc) is 2.72. The molecular formula is C11H9NO3. The fourth-order valence-corrected chi connectivity index (χ4v) is 2.20. The Bertz CT molecular complexity index is 469. The van der Waals surface area contributed by atoms with Gasteiger partial charge in [0, 0.05) is 17.5 Å². The predicted molar refractivity (Wildman–Crippen MR) is 50.9 cm³/mol. The van der Waals surface area contributed by atoms with Gasteiger partial charge in [0.15, 0.2) is 0 Å². The maximum absolute atomic E-state index is 11.6. The molecule has 0 bridgehead atoms. The average molecular weight is 203 g/mol. The molecule has 2 heterocycles. The number of hydrogen-bond acceptors (Lipinski definition) is 3. The molecule has 0 radical (unpaired) electrons. The summed E-state index contributed by atoms with van der Waals surface area (Å²) in [6, 6.07) is 7.21. The van der Waals surface area contributed by atoms with E-state index in [2.05, 4.69) is 5.32 Å². The third-order valence-corrected chi connectivity index (χ3v) is 2.89.